The molecule has 14 heavy (non-hydrogen) atoms. The summed E-state index contributed by atoms with van der Waals surface area (Å²) < 4.78 is 26.8. The van der Waals surface area contributed by atoms with E-state index in [2.05, 4.69) is 11.3 Å². The minimum absolute atomic E-state index is 0.0361. The lowest BCUT2D eigenvalue weighted by molar-refractivity contribution is -0.136. The van der Waals surface area contributed by atoms with Gasteiger partial charge in [-0.3, -0.25) is 0 Å². The lowest BCUT2D eigenvalue weighted by Gasteiger charge is -2.22. The lowest BCUT2D eigenvalue weighted by Crippen LogP contribution is -2.26. The molecule has 1 rings (SSSR count). The lowest BCUT2D eigenvalue weighted by atomic mass is 9.94. The molecule has 4 nitrogen and oxygen atoms in total. The normalized spacial score (nSPS) is 21.5. The number of rotatable bonds is 2. The summed E-state index contributed by atoms with van der Waals surface area (Å²) >= 11 is 0. The Morgan fingerprint density at radius 1 is 1.36 bits per heavy atom. The van der Waals surface area contributed by atoms with E-state index in [4.69, 9.17) is 0 Å². The third-order valence-corrected chi connectivity index (χ3v) is 4.21. The van der Waals surface area contributed by atoms with E-state index in [0.29, 0.717) is 18.4 Å². The van der Waals surface area contributed by atoms with Gasteiger partial charge < -0.3 is 4.74 Å². The molecule has 5 heteroatoms. The number of methoxy groups -OCH3 is 1. The molecule has 0 amide bonds. The molecule has 1 saturated heterocycles. The molecule has 0 aliphatic carbocycles. The topological polar surface area (TPSA) is 60.4 Å². The second kappa shape index (κ2) is 4.13. The van der Waals surface area contributed by atoms with Gasteiger partial charge in [-0.15, -0.1) is 0 Å². The zero-order valence-corrected chi connectivity index (χ0v) is 8.97. The minimum Gasteiger partial charge on any atom is -0.466 e. The van der Waals surface area contributed by atoms with Gasteiger partial charge in [0.15, 0.2) is 0 Å². The van der Waals surface area contributed by atoms with Crippen LogP contribution < -0.4 is 0 Å². The predicted molar refractivity (Wildman–Crippen MR) is 52.5 cm³/mol. The Balaban J connectivity index is 2.58. The first kappa shape index (κ1) is 11.2. The molecular formula is C9H14O4S. The van der Waals surface area contributed by atoms with E-state index in [-0.39, 0.29) is 17.4 Å². The first-order chi connectivity index (χ1) is 6.46. The van der Waals surface area contributed by atoms with Gasteiger partial charge in [-0.05, 0) is 18.8 Å². The maximum absolute atomic E-state index is 11.1. The molecule has 1 aliphatic heterocycles. The van der Waals surface area contributed by atoms with Gasteiger partial charge in [-0.2, -0.15) is 0 Å². The van der Waals surface area contributed by atoms with Gasteiger partial charge in [0.05, 0.1) is 18.6 Å². The summed E-state index contributed by atoms with van der Waals surface area (Å²) in [7, 11) is -1.58. The van der Waals surface area contributed by atoms with Crippen molar-refractivity contribution in [2.45, 2.75) is 12.8 Å². The van der Waals surface area contributed by atoms with Crippen molar-refractivity contribution in [2.75, 3.05) is 18.6 Å². The maximum Gasteiger partial charge on any atom is 0.333 e. The number of hydrogen-bond acceptors (Lipinski definition) is 4. The van der Waals surface area contributed by atoms with Crippen molar-refractivity contribution in [3.8, 4) is 0 Å². The molecule has 0 aromatic carbocycles. The summed E-state index contributed by atoms with van der Waals surface area (Å²) in [6.45, 7) is 3.63. The zero-order chi connectivity index (χ0) is 10.8. The molecule has 0 bridgehead atoms. The summed E-state index contributed by atoms with van der Waals surface area (Å²) in [5.74, 6) is -0.179. The molecule has 0 aromatic heterocycles. The van der Waals surface area contributed by atoms with Gasteiger partial charge in [0.25, 0.3) is 0 Å². The summed E-state index contributed by atoms with van der Waals surface area (Å²) in [5.41, 5.74) is 0.391. The summed E-state index contributed by atoms with van der Waals surface area (Å²) in [5, 5.41) is 0. The SMILES string of the molecule is C=C(C(=O)OC)C1CCS(=O)(=O)CC1. The van der Waals surface area contributed by atoms with Crippen LogP contribution in [0.1, 0.15) is 12.8 Å². The molecule has 0 spiro atoms. The van der Waals surface area contributed by atoms with E-state index in [9.17, 15) is 13.2 Å². The average molecular weight is 218 g/mol. The molecule has 0 N–H and O–H groups in total. The monoisotopic (exact) mass is 218 g/mol. The fourth-order valence-electron chi connectivity index (χ4n) is 1.54. The second-order valence-corrected chi connectivity index (χ2v) is 5.75. The van der Waals surface area contributed by atoms with Crippen molar-refractivity contribution in [3.63, 3.8) is 0 Å². The van der Waals surface area contributed by atoms with E-state index in [1.54, 1.807) is 0 Å². The highest BCUT2D eigenvalue weighted by atomic mass is 32.2. The van der Waals surface area contributed by atoms with Crippen LogP contribution in [0.15, 0.2) is 12.2 Å². The van der Waals surface area contributed by atoms with Crippen LogP contribution in [0.25, 0.3) is 0 Å². The summed E-state index contributed by atoms with van der Waals surface area (Å²) in [6.07, 6.45) is 0.965. The molecule has 0 atom stereocenters. The van der Waals surface area contributed by atoms with E-state index >= 15 is 0 Å². The Kier molecular flexibility index (Phi) is 3.31. The Bertz CT molecular complexity index is 328. The highest BCUT2D eigenvalue weighted by molar-refractivity contribution is 7.91. The van der Waals surface area contributed by atoms with Gasteiger partial charge in [-0.1, -0.05) is 6.58 Å². The molecule has 0 unspecified atom stereocenters. The molecule has 1 aliphatic rings. The van der Waals surface area contributed by atoms with Crippen molar-refractivity contribution in [1.82, 2.24) is 0 Å². The van der Waals surface area contributed by atoms with Crippen LogP contribution >= 0.6 is 0 Å². The van der Waals surface area contributed by atoms with Crippen molar-refractivity contribution < 1.29 is 17.9 Å². The Morgan fingerprint density at radius 2 is 1.86 bits per heavy atom. The predicted octanol–water partition coefficient (Wildman–Crippen LogP) is 0.540. The minimum atomic E-state index is -2.87. The van der Waals surface area contributed by atoms with Crippen LogP contribution in [0.5, 0.6) is 0 Å². The Morgan fingerprint density at radius 3 is 2.29 bits per heavy atom. The highest BCUT2D eigenvalue weighted by Crippen LogP contribution is 2.25. The van der Waals surface area contributed by atoms with Crippen LogP contribution in [0, 0.1) is 5.92 Å². The van der Waals surface area contributed by atoms with Gasteiger partial charge in [0, 0.05) is 5.57 Å². The molecule has 0 saturated carbocycles. The molecule has 1 heterocycles. The van der Waals surface area contributed by atoms with Crippen molar-refractivity contribution in [2.24, 2.45) is 5.92 Å². The van der Waals surface area contributed by atoms with Crippen LogP contribution in [0.4, 0.5) is 0 Å². The van der Waals surface area contributed by atoms with Gasteiger partial charge >= 0.3 is 5.97 Å². The van der Waals surface area contributed by atoms with Gasteiger partial charge in [0.2, 0.25) is 0 Å². The molecule has 0 radical (unpaired) electrons. The largest absolute Gasteiger partial charge is 0.466 e. The van der Waals surface area contributed by atoms with E-state index < -0.39 is 15.8 Å². The third-order valence-electron chi connectivity index (χ3n) is 2.50. The van der Waals surface area contributed by atoms with Crippen LogP contribution in [0.3, 0.4) is 0 Å². The average Bonchev–Trinajstić information content (AvgIpc) is 2.15. The highest BCUT2D eigenvalue weighted by Gasteiger charge is 2.28. The quantitative estimate of drug-likeness (QED) is 0.501. The summed E-state index contributed by atoms with van der Waals surface area (Å²) in [6, 6.07) is 0. The number of hydrogen-bond donors (Lipinski definition) is 0. The van der Waals surface area contributed by atoms with Gasteiger partial charge in [0.1, 0.15) is 9.84 Å². The number of sulfone groups is 1. The molecule has 0 aromatic rings. The van der Waals surface area contributed by atoms with E-state index in [1.807, 2.05) is 0 Å². The molecular weight excluding hydrogens is 204 g/mol. The fraction of sp³-hybridized carbons (Fsp3) is 0.667. The number of carbonyl (C=O) groups is 1. The number of ether oxygens (including phenoxy) is 1. The first-order valence-electron chi connectivity index (χ1n) is 4.44. The van der Waals surface area contributed by atoms with Crippen molar-refractivity contribution >= 4 is 15.8 Å². The standard InChI is InChI=1S/C9H14O4S/c1-7(9(10)13-2)8-3-5-14(11,12)6-4-8/h8H,1,3-6H2,2H3. The van der Waals surface area contributed by atoms with Crippen molar-refractivity contribution in [3.05, 3.63) is 12.2 Å². The smallest absolute Gasteiger partial charge is 0.333 e. The Labute approximate surface area is 83.9 Å². The van der Waals surface area contributed by atoms with E-state index in [1.165, 1.54) is 7.11 Å². The van der Waals surface area contributed by atoms with Crippen LogP contribution in [0.2, 0.25) is 0 Å². The first-order valence-corrected chi connectivity index (χ1v) is 6.26. The Hall–Kier alpha value is -0.840. The third kappa shape index (κ3) is 2.57. The number of carbonyl (C=O) groups excluding carboxylic acids is 1. The fourth-order valence-corrected chi connectivity index (χ4v) is 3.03. The second-order valence-electron chi connectivity index (χ2n) is 3.44. The molecule has 80 valence electrons. The molecule has 1 fully saturated rings. The van der Waals surface area contributed by atoms with Crippen LogP contribution in [-0.4, -0.2) is 33.0 Å². The summed E-state index contributed by atoms with van der Waals surface area (Å²) in [4.78, 5) is 11.1. The zero-order valence-electron chi connectivity index (χ0n) is 8.15. The van der Waals surface area contributed by atoms with Gasteiger partial charge in [-0.25, -0.2) is 13.2 Å². The van der Waals surface area contributed by atoms with E-state index in [0.717, 1.165) is 0 Å². The van der Waals surface area contributed by atoms with Crippen molar-refractivity contribution in [1.29, 1.82) is 0 Å². The van der Waals surface area contributed by atoms with Crippen LogP contribution in [-0.2, 0) is 19.4 Å². The maximum atomic E-state index is 11.1. The number of esters is 1.